The summed E-state index contributed by atoms with van der Waals surface area (Å²) >= 11 is 1.29. The minimum Gasteiger partial charge on any atom is -0.341 e. The standard InChI is InChI=1S/C19H18N4O2S/c1-12-7-6-10-15(11-12)18-22-23-19(26-18)21-16(24)13(2)20-17(25)14-8-4-3-5-9-14/h3-11,13H,1-2H3,(H,20,25)(H,21,23,24). The molecule has 6 nitrogen and oxygen atoms in total. The van der Waals surface area contributed by atoms with Crippen LogP contribution >= 0.6 is 11.3 Å². The van der Waals surface area contributed by atoms with Crippen molar-refractivity contribution in [1.29, 1.82) is 0 Å². The molecule has 2 amide bonds. The van der Waals surface area contributed by atoms with E-state index in [4.69, 9.17) is 0 Å². The molecule has 7 heteroatoms. The van der Waals surface area contributed by atoms with Crippen LogP contribution in [-0.2, 0) is 4.79 Å². The van der Waals surface area contributed by atoms with Crippen LogP contribution in [0.1, 0.15) is 22.8 Å². The fourth-order valence-electron chi connectivity index (χ4n) is 2.32. The predicted octanol–water partition coefficient (Wildman–Crippen LogP) is 3.27. The second-order valence-corrected chi connectivity index (χ2v) is 6.81. The summed E-state index contributed by atoms with van der Waals surface area (Å²) in [5.41, 5.74) is 2.58. The number of hydrogen-bond acceptors (Lipinski definition) is 5. The lowest BCUT2D eigenvalue weighted by atomic mass is 10.1. The monoisotopic (exact) mass is 366 g/mol. The summed E-state index contributed by atoms with van der Waals surface area (Å²) in [6, 6.07) is 16.0. The maximum Gasteiger partial charge on any atom is 0.251 e. The van der Waals surface area contributed by atoms with Gasteiger partial charge in [0.2, 0.25) is 11.0 Å². The van der Waals surface area contributed by atoms with Crippen molar-refractivity contribution >= 4 is 28.3 Å². The van der Waals surface area contributed by atoms with Gasteiger partial charge in [-0.3, -0.25) is 14.9 Å². The zero-order chi connectivity index (χ0) is 18.5. The molecule has 26 heavy (non-hydrogen) atoms. The molecule has 2 aromatic carbocycles. The Bertz CT molecular complexity index is 924. The van der Waals surface area contributed by atoms with Crippen LogP contribution in [0.2, 0.25) is 0 Å². The third-order valence-electron chi connectivity index (χ3n) is 3.70. The van der Waals surface area contributed by atoms with Gasteiger partial charge in [0, 0.05) is 11.1 Å². The Hall–Kier alpha value is -3.06. The molecular weight excluding hydrogens is 348 g/mol. The van der Waals surface area contributed by atoms with Crippen molar-refractivity contribution < 1.29 is 9.59 Å². The topological polar surface area (TPSA) is 84.0 Å². The molecule has 0 aliphatic carbocycles. The van der Waals surface area contributed by atoms with Crippen LogP contribution in [0, 0.1) is 6.92 Å². The summed E-state index contributed by atoms with van der Waals surface area (Å²) in [5, 5.41) is 14.6. The minimum atomic E-state index is -0.700. The number of aromatic nitrogens is 2. The number of amides is 2. The van der Waals surface area contributed by atoms with Crippen LogP contribution < -0.4 is 10.6 Å². The fourth-order valence-corrected chi connectivity index (χ4v) is 3.06. The third-order valence-corrected chi connectivity index (χ3v) is 4.58. The maximum absolute atomic E-state index is 12.3. The Balaban J connectivity index is 1.62. The first kappa shape index (κ1) is 17.8. The van der Waals surface area contributed by atoms with Gasteiger partial charge in [-0.05, 0) is 32.0 Å². The van der Waals surface area contributed by atoms with Gasteiger partial charge < -0.3 is 5.32 Å². The van der Waals surface area contributed by atoms with E-state index in [1.807, 2.05) is 37.3 Å². The van der Waals surface area contributed by atoms with Gasteiger partial charge in [-0.2, -0.15) is 0 Å². The van der Waals surface area contributed by atoms with Gasteiger partial charge in [-0.1, -0.05) is 53.3 Å². The molecule has 0 saturated carbocycles. The molecule has 1 aromatic heterocycles. The van der Waals surface area contributed by atoms with Gasteiger partial charge >= 0.3 is 0 Å². The summed E-state index contributed by atoms with van der Waals surface area (Å²) in [6.45, 7) is 3.63. The highest BCUT2D eigenvalue weighted by atomic mass is 32.1. The summed E-state index contributed by atoms with van der Waals surface area (Å²) < 4.78 is 0. The molecular formula is C19H18N4O2S. The van der Waals surface area contributed by atoms with Crippen LogP contribution in [-0.4, -0.2) is 28.1 Å². The molecule has 0 fully saturated rings. The molecule has 0 aliphatic heterocycles. The van der Waals surface area contributed by atoms with E-state index in [1.165, 1.54) is 11.3 Å². The van der Waals surface area contributed by atoms with E-state index in [2.05, 4.69) is 20.8 Å². The number of aryl methyl sites for hydroxylation is 1. The molecule has 1 unspecified atom stereocenters. The van der Waals surface area contributed by atoms with Gasteiger partial charge in [0.15, 0.2) is 0 Å². The van der Waals surface area contributed by atoms with Gasteiger partial charge in [0.25, 0.3) is 5.91 Å². The molecule has 1 atom stereocenters. The van der Waals surface area contributed by atoms with Crippen molar-refractivity contribution in [3.8, 4) is 10.6 Å². The number of benzene rings is 2. The molecule has 0 aliphatic rings. The van der Waals surface area contributed by atoms with E-state index in [0.29, 0.717) is 10.7 Å². The predicted molar refractivity (Wildman–Crippen MR) is 102 cm³/mol. The molecule has 0 spiro atoms. The Kier molecular flexibility index (Phi) is 5.38. The Morgan fingerprint density at radius 3 is 2.54 bits per heavy atom. The second-order valence-electron chi connectivity index (χ2n) is 5.83. The molecule has 3 aromatic rings. The van der Waals surface area contributed by atoms with Crippen LogP contribution in [0.25, 0.3) is 10.6 Å². The van der Waals surface area contributed by atoms with Gasteiger partial charge in [-0.15, -0.1) is 10.2 Å². The molecule has 0 bridgehead atoms. The minimum absolute atomic E-state index is 0.300. The molecule has 2 N–H and O–H groups in total. The molecule has 0 saturated heterocycles. The number of rotatable bonds is 5. The van der Waals surface area contributed by atoms with Crippen molar-refractivity contribution in [2.75, 3.05) is 5.32 Å². The number of carbonyl (C=O) groups excluding carboxylic acids is 2. The van der Waals surface area contributed by atoms with E-state index < -0.39 is 6.04 Å². The first-order chi connectivity index (χ1) is 12.5. The number of anilines is 1. The number of nitrogens with one attached hydrogen (secondary N) is 2. The average molecular weight is 366 g/mol. The summed E-state index contributed by atoms with van der Waals surface area (Å²) in [6.07, 6.45) is 0. The fraction of sp³-hybridized carbons (Fsp3) is 0.158. The number of carbonyl (C=O) groups is 2. The first-order valence-corrected chi connectivity index (χ1v) is 8.92. The molecule has 1 heterocycles. The van der Waals surface area contributed by atoms with E-state index in [9.17, 15) is 9.59 Å². The van der Waals surface area contributed by atoms with Crippen molar-refractivity contribution in [2.45, 2.75) is 19.9 Å². The van der Waals surface area contributed by atoms with Crippen molar-refractivity contribution in [2.24, 2.45) is 0 Å². The first-order valence-electron chi connectivity index (χ1n) is 8.10. The number of hydrogen-bond donors (Lipinski definition) is 2. The van der Waals surface area contributed by atoms with E-state index in [-0.39, 0.29) is 11.8 Å². The average Bonchev–Trinajstić information content (AvgIpc) is 3.11. The second kappa shape index (κ2) is 7.88. The lowest BCUT2D eigenvalue weighted by Crippen LogP contribution is -2.41. The highest BCUT2D eigenvalue weighted by Crippen LogP contribution is 2.26. The molecule has 132 valence electrons. The summed E-state index contributed by atoms with van der Waals surface area (Å²) in [4.78, 5) is 24.4. The van der Waals surface area contributed by atoms with Gasteiger partial charge in [0.1, 0.15) is 11.0 Å². The summed E-state index contributed by atoms with van der Waals surface area (Å²) in [5.74, 6) is -0.646. The Morgan fingerprint density at radius 2 is 1.81 bits per heavy atom. The van der Waals surface area contributed by atoms with E-state index in [1.54, 1.807) is 31.2 Å². The zero-order valence-electron chi connectivity index (χ0n) is 14.4. The molecule has 3 rings (SSSR count). The summed E-state index contributed by atoms with van der Waals surface area (Å²) in [7, 11) is 0. The SMILES string of the molecule is Cc1cccc(-c2nnc(NC(=O)C(C)NC(=O)c3ccccc3)s2)c1. The van der Waals surface area contributed by atoms with Crippen LogP contribution in [0.5, 0.6) is 0 Å². The Morgan fingerprint density at radius 1 is 1.04 bits per heavy atom. The van der Waals surface area contributed by atoms with Crippen molar-refractivity contribution in [1.82, 2.24) is 15.5 Å². The highest BCUT2D eigenvalue weighted by Gasteiger charge is 2.18. The van der Waals surface area contributed by atoms with Crippen LogP contribution in [0.15, 0.2) is 54.6 Å². The van der Waals surface area contributed by atoms with E-state index >= 15 is 0 Å². The van der Waals surface area contributed by atoms with Crippen LogP contribution in [0.3, 0.4) is 0 Å². The van der Waals surface area contributed by atoms with Crippen LogP contribution in [0.4, 0.5) is 5.13 Å². The third kappa shape index (κ3) is 4.31. The normalized spacial score (nSPS) is 11.6. The number of nitrogens with zero attached hydrogens (tertiary/aromatic N) is 2. The van der Waals surface area contributed by atoms with Crippen molar-refractivity contribution in [3.63, 3.8) is 0 Å². The lowest BCUT2D eigenvalue weighted by molar-refractivity contribution is -0.117. The smallest absolute Gasteiger partial charge is 0.251 e. The Labute approximate surface area is 155 Å². The quantitative estimate of drug-likeness (QED) is 0.726. The molecule has 0 radical (unpaired) electrons. The van der Waals surface area contributed by atoms with Crippen molar-refractivity contribution in [3.05, 3.63) is 65.7 Å². The lowest BCUT2D eigenvalue weighted by Gasteiger charge is -2.12. The van der Waals surface area contributed by atoms with Gasteiger partial charge in [0.05, 0.1) is 0 Å². The highest BCUT2D eigenvalue weighted by molar-refractivity contribution is 7.18. The van der Waals surface area contributed by atoms with Gasteiger partial charge in [-0.25, -0.2) is 0 Å². The maximum atomic E-state index is 12.3. The largest absolute Gasteiger partial charge is 0.341 e. The van der Waals surface area contributed by atoms with E-state index in [0.717, 1.165) is 16.1 Å². The zero-order valence-corrected chi connectivity index (χ0v) is 15.2.